The third-order valence-electron chi connectivity index (χ3n) is 10.3. The molecule has 1 heterocycles. The Morgan fingerprint density at radius 3 is 2.50 bits per heavy atom. The van der Waals surface area contributed by atoms with Crippen molar-refractivity contribution in [1.82, 2.24) is 0 Å². The zero-order chi connectivity index (χ0) is 19.6. The highest BCUT2D eigenvalue weighted by Gasteiger charge is 2.65. The predicted molar refractivity (Wildman–Crippen MR) is 107 cm³/mol. The van der Waals surface area contributed by atoms with Crippen molar-refractivity contribution in [3.63, 3.8) is 0 Å². The van der Waals surface area contributed by atoms with Gasteiger partial charge in [-0.2, -0.15) is 0 Å². The molecule has 0 bridgehead atoms. The molecule has 5 aliphatic rings. The lowest BCUT2D eigenvalue weighted by Gasteiger charge is -2.61. The van der Waals surface area contributed by atoms with Gasteiger partial charge in [-0.15, -0.1) is 0 Å². The molecule has 0 aromatic heterocycles. The van der Waals surface area contributed by atoms with Crippen molar-refractivity contribution in [2.45, 2.75) is 89.9 Å². The van der Waals surface area contributed by atoms with Gasteiger partial charge in [-0.05, 0) is 99.2 Å². The van der Waals surface area contributed by atoms with Crippen LogP contribution in [0.3, 0.4) is 0 Å². The largest absolute Gasteiger partial charge is 0.393 e. The number of ether oxygens (including phenoxy) is 2. The molecule has 0 unspecified atom stereocenters. The van der Waals surface area contributed by atoms with Gasteiger partial charge in [0.25, 0.3) is 0 Å². The molecule has 4 nitrogen and oxygen atoms in total. The summed E-state index contributed by atoms with van der Waals surface area (Å²) in [7, 11) is 0. The van der Waals surface area contributed by atoms with E-state index in [1.807, 2.05) is 0 Å². The fourth-order valence-corrected chi connectivity index (χ4v) is 9.11. The van der Waals surface area contributed by atoms with Crippen molar-refractivity contribution < 1.29 is 19.4 Å². The molecule has 0 aromatic carbocycles. The molecule has 1 saturated heterocycles. The van der Waals surface area contributed by atoms with E-state index in [4.69, 9.17) is 9.47 Å². The van der Waals surface area contributed by atoms with Crippen LogP contribution in [0.5, 0.6) is 0 Å². The lowest BCUT2D eigenvalue weighted by atomic mass is 9.44. The lowest BCUT2D eigenvalue weighted by molar-refractivity contribution is -0.222. The molecule has 158 valence electrons. The molecule has 0 spiro atoms. The van der Waals surface area contributed by atoms with Gasteiger partial charge in [0.1, 0.15) is 6.29 Å². The molecular weight excluding hydrogens is 352 g/mol. The number of aliphatic hydroxyl groups is 1. The second-order valence-corrected chi connectivity index (χ2v) is 11.1. The van der Waals surface area contributed by atoms with Gasteiger partial charge in [-0.3, -0.25) is 0 Å². The zero-order valence-corrected chi connectivity index (χ0v) is 17.7. The summed E-state index contributed by atoms with van der Waals surface area (Å²) in [5, 5.41) is 10.2. The lowest BCUT2D eigenvalue weighted by Crippen LogP contribution is -2.56. The van der Waals surface area contributed by atoms with Gasteiger partial charge in [0.05, 0.1) is 19.3 Å². The number of hydrogen-bond acceptors (Lipinski definition) is 4. The third kappa shape index (κ3) is 2.63. The van der Waals surface area contributed by atoms with Gasteiger partial charge in [-0.1, -0.05) is 6.92 Å². The summed E-state index contributed by atoms with van der Waals surface area (Å²) in [6.45, 7) is 6.03. The van der Waals surface area contributed by atoms with Gasteiger partial charge in [0.2, 0.25) is 0 Å². The Morgan fingerprint density at radius 1 is 0.964 bits per heavy atom. The Morgan fingerprint density at radius 2 is 1.75 bits per heavy atom. The molecule has 1 aliphatic heterocycles. The number of aldehydes is 1. The van der Waals surface area contributed by atoms with Gasteiger partial charge < -0.3 is 19.4 Å². The number of carbonyl (C=O) groups is 1. The maximum atomic E-state index is 11.9. The first-order valence-corrected chi connectivity index (χ1v) is 11.8. The van der Waals surface area contributed by atoms with Crippen molar-refractivity contribution in [3.8, 4) is 0 Å². The van der Waals surface area contributed by atoms with Crippen LogP contribution in [0.15, 0.2) is 0 Å². The van der Waals surface area contributed by atoms with E-state index in [1.165, 1.54) is 38.4 Å². The summed E-state index contributed by atoms with van der Waals surface area (Å²) in [5.41, 5.74) is 0.456. The van der Waals surface area contributed by atoms with Gasteiger partial charge in [0.15, 0.2) is 5.79 Å². The van der Waals surface area contributed by atoms with E-state index < -0.39 is 5.79 Å². The number of rotatable bonds is 3. The summed E-state index contributed by atoms with van der Waals surface area (Å²) in [4.78, 5) is 11.9. The van der Waals surface area contributed by atoms with Crippen LogP contribution in [0.25, 0.3) is 0 Å². The summed E-state index contributed by atoms with van der Waals surface area (Å²) >= 11 is 0. The summed E-state index contributed by atoms with van der Waals surface area (Å²) in [5.74, 6) is 2.67. The van der Waals surface area contributed by atoms with Crippen molar-refractivity contribution in [3.05, 3.63) is 0 Å². The monoisotopic (exact) mass is 390 g/mol. The average molecular weight is 391 g/mol. The van der Waals surface area contributed by atoms with Crippen LogP contribution in [0.4, 0.5) is 0 Å². The Bertz CT molecular complexity index is 614. The van der Waals surface area contributed by atoms with E-state index in [0.29, 0.717) is 42.8 Å². The molecular formula is C24H38O4. The minimum Gasteiger partial charge on any atom is -0.393 e. The minimum atomic E-state index is -0.499. The molecule has 0 aromatic rings. The molecule has 4 heteroatoms. The first-order valence-electron chi connectivity index (χ1n) is 11.8. The van der Waals surface area contributed by atoms with Gasteiger partial charge in [-0.25, -0.2) is 0 Å². The SMILES string of the molecule is CC1([C@H]2CC[C@H]3[C@@H]4CC[C@@H]5C[C@H](O)CC[C@]5(C)[C@H]4CC[C@]23CC=O)OCCO1. The Kier molecular flexibility index (Phi) is 4.73. The van der Waals surface area contributed by atoms with E-state index in [1.54, 1.807) is 0 Å². The fraction of sp³-hybridized carbons (Fsp3) is 0.958. The highest BCUT2D eigenvalue weighted by molar-refractivity contribution is 5.51. The molecule has 0 amide bonds. The highest BCUT2D eigenvalue weighted by Crippen LogP contribution is 2.69. The summed E-state index contributed by atoms with van der Waals surface area (Å²) in [6, 6.07) is 0. The Hall–Kier alpha value is -0.450. The van der Waals surface area contributed by atoms with Crippen LogP contribution in [-0.4, -0.2) is 36.5 Å². The minimum absolute atomic E-state index is 0.0688. The summed E-state index contributed by atoms with van der Waals surface area (Å²) in [6.07, 6.45) is 12.2. The third-order valence-corrected chi connectivity index (χ3v) is 10.3. The van der Waals surface area contributed by atoms with E-state index in [9.17, 15) is 9.90 Å². The Balaban J connectivity index is 1.46. The van der Waals surface area contributed by atoms with Gasteiger partial charge in [0, 0.05) is 12.3 Å². The molecule has 5 rings (SSSR count). The van der Waals surface area contributed by atoms with Gasteiger partial charge >= 0.3 is 0 Å². The first kappa shape index (κ1) is 19.5. The maximum absolute atomic E-state index is 11.9. The second-order valence-electron chi connectivity index (χ2n) is 11.1. The average Bonchev–Trinajstić information content (AvgIpc) is 3.27. The zero-order valence-electron chi connectivity index (χ0n) is 17.7. The normalized spacial score (nSPS) is 52.5. The quantitative estimate of drug-likeness (QED) is 0.729. The summed E-state index contributed by atoms with van der Waals surface area (Å²) < 4.78 is 12.3. The number of hydrogen-bond donors (Lipinski definition) is 1. The molecule has 1 N–H and O–H groups in total. The smallest absolute Gasteiger partial charge is 0.169 e. The van der Waals surface area contributed by atoms with Crippen molar-refractivity contribution in [2.75, 3.05) is 13.2 Å². The second kappa shape index (κ2) is 6.78. The number of aliphatic hydroxyl groups excluding tert-OH is 1. The van der Waals surface area contributed by atoms with Crippen molar-refractivity contribution >= 4 is 6.29 Å². The topological polar surface area (TPSA) is 55.8 Å². The molecule has 28 heavy (non-hydrogen) atoms. The van der Waals surface area contributed by atoms with Crippen molar-refractivity contribution in [1.29, 1.82) is 0 Å². The van der Waals surface area contributed by atoms with Crippen LogP contribution in [0, 0.1) is 40.4 Å². The number of carbonyl (C=O) groups excluding carboxylic acids is 1. The molecule has 8 atom stereocenters. The maximum Gasteiger partial charge on any atom is 0.169 e. The Labute approximate surface area is 169 Å². The van der Waals surface area contributed by atoms with Crippen LogP contribution < -0.4 is 0 Å². The van der Waals surface area contributed by atoms with Crippen LogP contribution in [-0.2, 0) is 14.3 Å². The fourth-order valence-electron chi connectivity index (χ4n) is 9.11. The van der Waals surface area contributed by atoms with E-state index >= 15 is 0 Å². The van der Waals surface area contributed by atoms with E-state index in [2.05, 4.69) is 13.8 Å². The van der Waals surface area contributed by atoms with Crippen LogP contribution in [0.2, 0.25) is 0 Å². The predicted octanol–water partition coefficient (Wildman–Crippen LogP) is 4.34. The van der Waals surface area contributed by atoms with Crippen LogP contribution >= 0.6 is 0 Å². The van der Waals surface area contributed by atoms with E-state index in [0.717, 1.165) is 37.5 Å². The van der Waals surface area contributed by atoms with Crippen LogP contribution in [0.1, 0.15) is 78.1 Å². The van der Waals surface area contributed by atoms with Crippen molar-refractivity contribution in [2.24, 2.45) is 40.4 Å². The first-order chi connectivity index (χ1) is 13.4. The molecule has 0 radical (unpaired) electrons. The van der Waals surface area contributed by atoms with E-state index in [-0.39, 0.29) is 11.5 Å². The molecule has 4 aliphatic carbocycles. The number of fused-ring (bicyclic) bond motifs is 5. The standard InChI is InChI=1S/C24H38O4/c1-22-9-7-17(26)15-16(22)3-4-18-19(22)8-10-24(11-12-25)20(18)5-6-21(24)23(2)27-13-14-28-23/h12,16-21,26H,3-11,13-15H2,1-2H3/t16-,17-,18-,19+,20+,21-,22+,24-/m1/s1. The molecule has 4 saturated carbocycles. The molecule has 5 fully saturated rings. The highest BCUT2D eigenvalue weighted by atomic mass is 16.7.